The van der Waals surface area contributed by atoms with Crippen LogP contribution in [0.5, 0.6) is 0 Å². The highest BCUT2D eigenvalue weighted by atomic mass is 32.2. The van der Waals surface area contributed by atoms with Crippen LogP contribution in [0.15, 0.2) is 67.1 Å². The molecule has 9 nitrogen and oxygen atoms in total. The van der Waals surface area contributed by atoms with Crippen molar-refractivity contribution < 1.29 is 14.4 Å². The zero-order chi connectivity index (χ0) is 29.8. The van der Waals surface area contributed by atoms with Crippen LogP contribution in [0.25, 0.3) is 33.3 Å². The van der Waals surface area contributed by atoms with Gasteiger partial charge in [0.15, 0.2) is 0 Å². The lowest BCUT2D eigenvalue weighted by Gasteiger charge is -2.16. The number of hydrogen-bond donors (Lipinski definition) is 3. The van der Waals surface area contributed by atoms with Crippen molar-refractivity contribution in [3.05, 3.63) is 78.2 Å². The highest BCUT2D eigenvalue weighted by Crippen LogP contribution is 2.33. The van der Waals surface area contributed by atoms with Gasteiger partial charge in [0, 0.05) is 65.3 Å². The maximum absolute atomic E-state index is 13.3. The van der Waals surface area contributed by atoms with Crippen LogP contribution in [-0.2, 0) is 4.79 Å². The van der Waals surface area contributed by atoms with Gasteiger partial charge in [-0.1, -0.05) is 42.8 Å². The van der Waals surface area contributed by atoms with Crippen molar-refractivity contribution in [1.82, 2.24) is 25.5 Å². The summed E-state index contributed by atoms with van der Waals surface area (Å²) in [6.45, 7) is 0.241. The minimum atomic E-state index is -0.156. The van der Waals surface area contributed by atoms with Crippen LogP contribution in [0, 0.1) is 11.3 Å². The number of nitrogens with zero attached hydrogens (tertiary/aromatic N) is 3. The topological polar surface area (TPSA) is 129 Å². The maximum Gasteiger partial charge on any atom is 0.315 e. The summed E-state index contributed by atoms with van der Waals surface area (Å²) in [7, 11) is 0. The van der Waals surface area contributed by atoms with Crippen LogP contribution in [0.1, 0.15) is 48.0 Å². The second-order valence-electron chi connectivity index (χ2n) is 10.9. The first kappa shape index (κ1) is 28.5. The smallest absolute Gasteiger partial charge is 0.315 e. The van der Waals surface area contributed by atoms with Crippen molar-refractivity contribution in [2.75, 3.05) is 12.3 Å². The number of para-hydroxylation sites is 1. The molecule has 3 amide bonds. The number of fused-ring (bicyclic) bond motifs is 3. The van der Waals surface area contributed by atoms with E-state index in [-0.39, 0.29) is 42.9 Å². The summed E-state index contributed by atoms with van der Waals surface area (Å²) in [5.74, 6) is 0.701. The number of benzene rings is 2. The number of pyridine rings is 1. The van der Waals surface area contributed by atoms with Gasteiger partial charge in [-0.05, 0) is 42.0 Å². The average molecular weight is 593 g/mol. The molecule has 3 N–H and O–H groups in total. The lowest BCUT2D eigenvalue weighted by molar-refractivity contribution is -0.121. The minimum Gasteiger partial charge on any atom is -0.356 e. The van der Waals surface area contributed by atoms with Crippen LogP contribution < -0.4 is 16.0 Å². The molecule has 10 heteroatoms. The average Bonchev–Trinajstić information content (AvgIpc) is 3.71. The van der Waals surface area contributed by atoms with Gasteiger partial charge in [-0.3, -0.25) is 19.1 Å². The van der Waals surface area contributed by atoms with E-state index in [2.05, 4.69) is 27.0 Å². The quantitative estimate of drug-likeness (QED) is 0.133. The lowest BCUT2D eigenvalue weighted by atomic mass is 10.00. The summed E-state index contributed by atoms with van der Waals surface area (Å²) in [4.78, 5) is 41.5. The first-order chi connectivity index (χ1) is 21.0. The van der Waals surface area contributed by atoms with E-state index in [1.807, 2.05) is 66.4 Å². The molecule has 0 spiro atoms. The predicted molar refractivity (Wildman–Crippen MR) is 169 cm³/mol. The van der Waals surface area contributed by atoms with Gasteiger partial charge in [-0.25, -0.2) is 4.79 Å². The van der Waals surface area contributed by atoms with Crippen molar-refractivity contribution in [3.63, 3.8) is 0 Å². The number of carbonyl (C=O) groups is 3. The Morgan fingerprint density at radius 3 is 2.86 bits per heavy atom. The highest BCUT2D eigenvalue weighted by Gasteiger charge is 2.42. The number of thioether (sulfide) groups is 1. The van der Waals surface area contributed by atoms with Gasteiger partial charge in [0.05, 0.1) is 29.2 Å². The van der Waals surface area contributed by atoms with Gasteiger partial charge in [0.1, 0.15) is 0 Å². The fraction of sp³-hybridized carbons (Fsp3) is 0.303. The fourth-order valence-electron chi connectivity index (χ4n) is 5.99. The van der Waals surface area contributed by atoms with Gasteiger partial charge in [0.2, 0.25) is 11.8 Å². The molecule has 0 saturated carbocycles. The number of nitrogens with one attached hydrogen (secondary N) is 3. The molecule has 0 bridgehead atoms. The summed E-state index contributed by atoms with van der Waals surface area (Å²) >= 11 is 1.88. The van der Waals surface area contributed by atoms with E-state index in [0.29, 0.717) is 22.8 Å². The largest absolute Gasteiger partial charge is 0.356 e. The molecule has 6 rings (SSSR count). The molecule has 218 valence electrons. The Kier molecular flexibility index (Phi) is 8.43. The van der Waals surface area contributed by atoms with Crippen LogP contribution in [0.2, 0.25) is 0 Å². The number of urea groups is 1. The molecule has 2 aromatic heterocycles. The fourth-order valence-corrected chi connectivity index (χ4v) is 7.54. The molecule has 2 saturated heterocycles. The molecule has 2 fully saturated rings. The monoisotopic (exact) mass is 592 g/mol. The summed E-state index contributed by atoms with van der Waals surface area (Å²) in [5.41, 5.74) is 2.76. The minimum absolute atomic E-state index is 0.0707. The van der Waals surface area contributed by atoms with E-state index in [4.69, 9.17) is 0 Å². The number of carbonyl (C=O) groups excluding carboxylic acids is 3. The van der Waals surface area contributed by atoms with E-state index in [1.54, 1.807) is 23.2 Å². The Labute approximate surface area is 253 Å². The van der Waals surface area contributed by atoms with Crippen LogP contribution in [0.3, 0.4) is 0 Å². The number of aromatic nitrogens is 2. The van der Waals surface area contributed by atoms with Crippen LogP contribution in [0.4, 0.5) is 4.79 Å². The molecule has 3 atom stereocenters. The SMILES string of the molecule is N#C/C(=C\c1cccc2cnccc12)c1cn(C(=O)CCNC(=O)CCCC[C@@H]2SC[C@@H]3NC(=O)N[C@@H]32)c2ccccc12. The van der Waals surface area contributed by atoms with Crippen molar-refractivity contribution in [2.24, 2.45) is 0 Å². The molecule has 2 aromatic carbocycles. The molecule has 2 aliphatic heterocycles. The zero-order valence-electron chi connectivity index (χ0n) is 23.6. The van der Waals surface area contributed by atoms with Gasteiger partial charge >= 0.3 is 6.03 Å². The Bertz CT molecular complexity index is 1770. The summed E-state index contributed by atoms with van der Waals surface area (Å²) < 4.78 is 1.58. The Balaban J connectivity index is 1.06. The number of unbranched alkanes of at least 4 members (excludes halogenated alkanes) is 1. The molecule has 0 unspecified atom stereocenters. The third kappa shape index (κ3) is 6.13. The molecule has 4 heterocycles. The molecule has 0 radical (unpaired) electrons. The number of amides is 3. The van der Waals surface area contributed by atoms with Gasteiger partial charge in [-0.15, -0.1) is 0 Å². The van der Waals surface area contributed by atoms with E-state index in [0.717, 1.165) is 52.3 Å². The highest BCUT2D eigenvalue weighted by molar-refractivity contribution is 8.00. The van der Waals surface area contributed by atoms with Gasteiger partial charge < -0.3 is 16.0 Å². The second kappa shape index (κ2) is 12.7. The number of rotatable bonds is 10. The van der Waals surface area contributed by atoms with Crippen LogP contribution >= 0.6 is 11.8 Å². The Morgan fingerprint density at radius 2 is 1.98 bits per heavy atom. The van der Waals surface area contributed by atoms with Gasteiger partial charge in [0.25, 0.3) is 0 Å². The Hall–Kier alpha value is -4.62. The molecule has 43 heavy (non-hydrogen) atoms. The second-order valence-corrected chi connectivity index (χ2v) is 12.2. The van der Waals surface area contributed by atoms with Crippen LogP contribution in [-0.4, -0.2) is 57.0 Å². The number of nitriles is 1. The van der Waals surface area contributed by atoms with E-state index in [1.165, 1.54) is 0 Å². The predicted octanol–water partition coefficient (Wildman–Crippen LogP) is 5.13. The first-order valence-electron chi connectivity index (χ1n) is 14.6. The van der Waals surface area contributed by atoms with Crippen molar-refractivity contribution >= 4 is 62.9 Å². The summed E-state index contributed by atoms with van der Waals surface area (Å²) in [5, 5.41) is 22.1. The third-order valence-corrected chi connectivity index (χ3v) is 9.66. The maximum atomic E-state index is 13.3. The molecular weight excluding hydrogens is 560 g/mol. The first-order valence-corrected chi connectivity index (χ1v) is 15.6. The molecular formula is C33H32N6O3S. The third-order valence-electron chi connectivity index (χ3n) is 8.15. The normalized spacial score (nSPS) is 19.6. The summed E-state index contributed by atoms with van der Waals surface area (Å²) in [6, 6.07) is 18.0. The van der Waals surface area contributed by atoms with Crippen molar-refractivity contribution in [2.45, 2.75) is 49.4 Å². The summed E-state index contributed by atoms with van der Waals surface area (Å²) in [6.07, 6.45) is 10.3. The molecule has 2 aliphatic rings. The lowest BCUT2D eigenvalue weighted by Crippen LogP contribution is -2.36. The standard InChI is InChI=1S/C33H32N6O3S/c34-17-23(16-21-6-5-7-22-18-35-14-12-24(21)22)26-19-39(28-9-2-1-8-25(26)28)31(41)13-15-36-30(40)11-4-3-10-29-32-27(20-43-29)37-33(42)38-32/h1-2,5-9,12,14,16,18-19,27,29,32H,3-4,10-11,13,15,20H2,(H,36,40)(H2,37,38,42)/b23-16+/t27-,29-,32-/m0/s1. The van der Waals surface area contributed by atoms with E-state index >= 15 is 0 Å². The van der Waals surface area contributed by atoms with Crippen molar-refractivity contribution in [1.29, 1.82) is 5.26 Å². The molecule has 4 aromatic rings. The van der Waals surface area contributed by atoms with E-state index in [9.17, 15) is 19.6 Å². The van der Waals surface area contributed by atoms with Crippen molar-refractivity contribution in [3.8, 4) is 6.07 Å². The van der Waals surface area contributed by atoms with Gasteiger partial charge in [-0.2, -0.15) is 17.0 Å². The number of allylic oxidation sites excluding steroid dienone is 1. The molecule has 0 aliphatic carbocycles. The van der Waals surface area contributed by atoms with E-state index < -0.39 is 0 Å². The number of hydrogen-bond acceptors (Lipinski definition) is 6. The Morgan fingerprint density at radius 1 is 1.09 bits per heavy atom. The zero-order valence-corrected chi connectivity index (χ0v) is 24.4.